The van der Waals surface area contributed by atoms with Gasteiger partial charge in [0, 0.05) is 32.7 Å². The smallest absolute Gasteiger partial charge is 0.302 e. The van der Waals surface area contributed by atoms with E-state index in [2.05, 4.69) is 38.7 Å². The number of hydrogen-bond acceptors (Lipinski definition) is 4. The molecule has 0 unspecified atom stereocenters. The first-order valence-electron chi connectivity index (χ1n) is 14.8. The molecule has 4 aliphatic carbocycles. The number of ether oxygens (including phenoxy) is 2. The Hall–Kier alpha value is -1.36. The second-order valence-electron chi connectivity index (χ2n) is 14.1. The van der Waals surface area contributed by atoms with Crippen molar-refractivity contribution in [2.45, 2.75) is 117 Å². The molecule has 2 saturated heterocycles. The van der Waals surface area contributed by atoms with Gasteiger partial charge in [0.25, 0.3) is 0 Å². The molecular weight excluding hydrogens is 450 g/mol. The van der Waals surface area contributed by atoms with Crippen molar-refractivity contribution >= 4 is 11.9 Å². The Balaban J connectivity index is 1.26. The van der Waals surface area contributed by atoms with Crippen LogP contribution in [0.3, 0.4) is 0 Å². The lowest BCUT2D eigenvalue weighted by atomic mass is 9.46. The minimum Gasteiger partial charge on any atom is -0.462 e. The number of nitrogens with zero attached hydrogens (tertiary/aromatic N) is 1. The third-order valence-corrected chi connectivity index (χ3v) is 12.4. The number of allylic oxidation sites excluding steroid dienone is 1. The van der Waals surface area contributed by atoms with Gasteiger partial charge in [0.1, 0.15) is 11.8 Å². The predicted molar refractivity (Wildman–Crippen MR) is 139 cm³/mol. The highest BCUT2D eigenvalue weighted by Gasteiger charge is 2.69. The Labute approximate surface area is 217 Å². The van der Waals surface area contributed by atoms with Crippen LogP contribution in [0.15, 0.2) is 11.6 Å². The van der Waals surface area contributed by atoms with E-state index in [1.54, 1.807) is 12.5 Å². The van der Waals surface area contributed by atoms with Crippen LogP contribution in [-0.4, -0.2) is 41.3 Å². The molecule has 2 heterocycles. The van der Waals surface area contributed by atoms with Crippen molar-refractivity contribution in [1.29, 1.82) is 0 Å². The van der Waals surface area contributed by atoms with E-state index in [9.17, 15) is 9.59 Å². The van der Waals surface area contributed by atoms with Crippen molar-refractivity contribution in [3.8, 4) is 0 Å². The number of carbonyl (C=O) groups is 2. The van der Waals surface area contributed by atoms with Crippen LogP contribution in [-0.2, 0) is 19.1 Å². The van der Waals surface area contributed by atoms with E-state index >= 15 is 0 Å². The van der Waals surface area contributed by atoms with Gasteiger partial charge in [-0.05, 0) is 91.8 Å². The normalized spacial score (nSPS) is 51.6. The molecule has 11 atom stereocenters. The fourth-order valence-corrected chi connectivity index (χ4v) is 10.8. The molecule has 5 heteroatoms. The summed E-state index contributed by atoms with van der Waals surface area (Å²) in [5.74, 6) is 3.64. The van der Waals surface area contributed by atoms with Gasteiger partial charge in [-0.15, -0.1) is 0 Å². The molecule has 0 aromatic rings. The summed E-state index contributed by atoms with van der Waals surface area (Å²) in [4.78, 5) is 26.5. The number of piperidine rings is 1. The molecule has 0 aromatic carbocycles. The van der Waals surface area contributed by atoms with Crippen LogP contribution >= 0.6 is 0 Å². The third kappa shape index (κ3) is 3.36. The first kappa shape index (κ1) is 24.9. The number of rotatable bonds is 1. The van der Waals surface area contributed by atoms with E-state index in [0.717, 1.165) is 56.9 Å². The Morgan fingerprint density at radius 2 is 1.83 bits per heavy atom. The summed E-state index contributed by atoms with van der Waals surface area (Å²) in [6.07, 6.45) is 13.0. The van der Waals surface area contributed by atoms with Crippen molar-refractivity contribution in [3.05, 3.63) is 11.6 Å². The summed E-state index contributed by atoms with van der Waals surface area (Å²) >= 11 is 0. The van der Waals surface area contributed by atoms with Crippen LogP contribution in [0, 0.1) is 46.3 Å². The topological polar surface area (TPSA) is 55.8 Å². The monoisotopic (exact) mass is 497 g/mol. The Morgan fingerprint density at radius 3 is 2.56 bits per heavy atom. The summed E-state index contributed by atoms with van der Waals surface area (Å²) in [6, 6.07) is 0. The maximum atomic E-state index is 12.8. The zero-order valence-corrected chi connectivity index (χ0v) is 23.3. The van der Waals surface area contributed by atoms with Gasteiger partial charge < -0.3 is 14.4 Å². The van der Waals surface area contributed by atoms with E-state index in [1.165, 1.54) is 26.2 Å². The largest absolute Gasteiger partial charge is 0.462 e. The zero-order chi connectivity index (χ0) is 25.6. The van der Waals surface area contributed by atoms with Crippen LogP contribution in [0.1, 0.15) is 99.3 Å². The number of carbonyl (C=O) groups excluding carboxylic acids is 2. The fourth-order valence-electron chi connectivity index (χ4n) is 10.8. The van der Waals surface area contributed by atoms with Gasteiger partial charge in [0.2, 0.25) is 5.91 Å². The van der Waals surface area contributed by atoms with Gasteiger partial charge in [-0.1, -0.05) is 39.3 Å². The Kier molecular flexibility index (Phi) is 5.76. The summed E-state index contributed by atoms with van der Waals surface area (Å²) in [7, 11) is 0. The van der Waals surface area contributed by atoms with Crippen molar-refractivity contribution in [1.82, 2.24) is 4.90 Å². The van der Waals surface area contributed by atoms with Crippen molar-refractivity contribution in [3.63, 3.8) is 0 Å². The summed E-state index contributed by atoms with van der Waals surface area (Å²) in [5, 5.41) is 0. The average Bonchev–Trinajstić information content (AvgIpc) is 3.26. The van der Waals surface area contributed by atoms with E-state index in [0.29, 0.717) is 23.7 Å². The van der Waals surface area contributed by atoms with Gasteiger partial charge >= 0.3 is 5.97 Å². The van der Waals surface area contributed by atoms with E-state index in [4.69, 9.17) is 9.47 Å². The van der Waals surface area contributed by atoms with Crippen LogP contribution in [0.2, 0.25) is 0 Å². The highest BCUT2D eigenvalue weighted by molar-refractivity contribution is 5.74. The minimum absolute atomic E-state index is 0.0611. The maximum absolute atomic E-state index is 12.8. The lowest BCUT2D eigenvalue weighted by molar-refractivity contribution is -0.200. The van der Waals surface area contributed by atoms with Crippen molar-refractivity contribution < 1.29 is 19.1 Å². The molecule has 6 rings (SSSR count). The molecule has 0 bridgehead atoms. The third-order valence-electron chi connectivity index (χ3n) is 12.4. The van der Waals surface area contributed by atoms with Gasteiger partial charge in [-0.3, -0.25) is 9.59 Å². The summed E-state index contributed by atoms with van der Waals surface area (Å²) < 4.78 is 12.7. The van der Waals surface area contributed by atoms with Crippen LogP contribution < -0.4 is 0 Å². The number of fused-ring (bicyclic) bond motifs is 7. The molecule has 5 fully saturated rings. The van der Waals surface area contributed by atoms with Gasteiger partial charge in [0.05, 0.1) is 6.10 Å². The Bertz CT molecular complexity index is 976. The predicted octanol–water partition coefficient (Wildman–Crippen LogP) is 6.12. The molecule has 0 N–H and O–H groups in total. The second kappa shape index (κ2) is 8.32. The summed E-state index contributed by atoms with van der Waals surface area (Å²) in [5.41, 5.74) is 1.70. The zero-order valence-electron chi connectivity index (χ0n) is 23.3. The highest BCUT2D eigenvalue weighted by atomic mass is 16.5. The molecule has 1 amide bonds. The standard InChI is InChI=1S/C31H47NO4/c1-18-9-14-31(32(17-18)20(3)33)19(2)28-27(36-31)16-26-24-8-7-22-15-23(35-21(4)34)10-12-29(22,5)25(24)11-13-30(26,28)6/h7,18-19,23-28H,8-17H2,1-6H3/t18-,19+,23+,24-,25+,26+,27+,28+,29+,30+,31+/m1/s1. The van der Waals surface area contributed by atoms with Gasteiger partial charge in [-0.25, -0.2) is 0 Å². The fraction of sp³-hybridized carbons (Fsp3) is 0.871. The molecule has 3 saturated carbocycles. The Morgan fingerprint density at radius 1 is 1.06 bits per heavy atom. The van der Waals surface area contributed by atoms with Gasteiger partial charge in [-0.2, -0.15) is 0 Å². The number of likely N-dealkylation sites (tertiary alicyclic amines) is 1. The number of hydrogen-bond donors (Lipinski definition) is 0. The van der Waals surface area contributed by atoms with Crippen LogP contribution in [0.25, 0.3) is 0 Å². The molecule has 0 aromatic heterocycles. The van der Waals surface area contributed by atoms with E-state index < -0.39 is 0 Å². The number of esters is 1. The van der Waals surface area contributed by atoms with E-state index in [-0.39, 0.29) is 40.6 Å². The lowest BCUT2D eigenvalue weighted by Crippen LogP contribution is -2.60. The maximum Gasteiger partial charge on any atom is 0.302 e. The molecular formula is C31H47NO4. The molecule has 1 spiro atoms. The first-order chi connectivity index (χ1) is 17.0. The molecule has 2 aliphatic heterocycles. The summed E-state index contributed by atoms with van der Waals surface area (Å²) in [6.45, 7) is 13.9. The lowest BCUT2D eigenvalue weighted by Gasteiger charge is -2.59. The van der Waals surface area contributed by atoms with Crippen molar-refractivity contribution in [2.24, 2.45) is 46.3 Å². The quantitative estimate of drug-likeness (QED) is 0.324. The molecule has 36 heavy (non-hydrogen) atoms. The van der Waals surface area contributed by atoms with E-state index in [1.807, 2.05) is 0 Å². The molecule has 5 nitrogen and oxygen atoms in total. The molecule has 6 aliphatic rings. The first-order valence-corrected chi connectivity index (χ1v) is 14.8. The number of amides is 1. The van der Waals surface area contributed by atoms with Crippen LogP contribution in [0.4, 0.5) is 0 Å². The average molecular weight is 498 g/mol. The molecule has 0 radical (unpaired) electrons. The second-order valence-corrected chi connectivity index (χ2v) is 14.1. The molecule has 200 valence electrons. The van der Waals surface area contributed by atoms with Crippen molar-refractivity contribution in [2.75, 3.05) is 6.54 Å². The SMILES string of the molecule is CC(=O)O[C@H]1CC[C@@]2(C)C(=CC[C@H]3[C@@H]4C[C@@H]5O[C@@]6(CC[C@@H](C)CN6C(C)=O)[C@@H](C)[C@@H]5[C@@]4(C)CC[C@@H]32)C1. The highest BCUT2D eigenvalue weighted by Crippen LogP contribution is 2.70. The van der Waals surface area contributed by atoms with Gasteiger partial charge in [0.15, 0.2) is 0 Å². The van der Waals surface area contributed by atoms with Crippen LogP contribution in [0.5, 0.6) is 0 Å². The minimum atomic E-state index is -0.390.